The van der Waals surface area contributed by atoms with Crippen LogP contribution < -0.4 is 4.90 Å². The van der Waals surface area contributed by atoms with Gasteiger partial charge in [0, 0.05) is 33.8 Å². The zero-order valence-electron chi connectivity index (χ0n) is 22.5. The van der Waals surface area contributed by atoms with Gasteiger partial charge in [-0.3, -0.25) is 9.69 Å². The summed E-state index contributed by atoms with van der Waals surface area (Å²) in [6.07, 6.45) is 5.76. The summed E-state index contributed by atoms with van der Waals surface area (Å²) >= 11 is 0. The van der Waals surface area contributed by atoms with E-state index in [-0.39, 0.29) is 11.7 Å². The molecule has 39 heavy (non-hydrogen) atoms. The molecule has 7 nitrogen and oxygen atoms in total. The molecule has 1 N–H and O–H groups in total. The first kappa shape index (κ1) is 26.0. The highest BCUT2D eigenvalue weighted by Crippen LogP contribution is 2.42. The summed E-state index contributed by atoms with van der Waals surface area (Å²) in [5.74, 6) is -1.58. The number of anilines is 1. The lowest BCUT2D eigenvalue weighted by atomic mass is 9.97. The third kappa shape index (κ3) is 5.08. The number of carboxylic acids is 1. The fourth-order valence-corrected chi connectivity index (χ4v) is 4.81. The van der Waals surface area contributed by atoms with Gasteiger partial charge in [0.2, 0.25) is 5.76 Å². The predicted octanol–water partition coefficient (Wildman–Crippen LogP) is 7.38. The molecular formula is C32H31N3O4. The van der Waals surface area contributed by atoms with Gasteiger partial charge in [0.25, 0.3) is 5.91 Å². The van der Waals surface area contributed by atoms with Gasteiger partial charge in [0.1, 0.15) is 0 Å². The summed E-state index contributed by atoms with van der Waals surface area (Å²) in [6, 6.07) is 22.5. The van der Waals surface area contributed by atoms with Crippen molar-refractivity contribution in [3.63, 3.8) is 0 Å². The van der Waals surface area contributed by atoms with E-state index in [0.717, 1.165) is 24.1 Å². The number of hydrogen-bond donors (Lipinski definition) is 1. The smallest absolute Gasteiger partial charge is 0.371 e. The lowest BCUT2D eigenvalue weighted by molar-refractivity contribution is 0.0665. The van der Waals surface area contributed by atoms with E-state index in [1.807, 2.05) is 69.4 Å². The van der Waals surface area contributed by atoms with Crippen LogP contribution in [0.1, 0.15) is 60.6 Å². The average molecular weight is 522 g/mol. The SMILES string of the molecule is CCCc1ccc(-n2cc(-c3ccc4cc(C(=O)O)oc4c3N(C(=O)c3ccccc3)C(C)(C)C)cn2)cc1. The van der Waals surface area contributed by atoms with Gasteiger partial charge in [-0.05, 0) is 63.1 Å². The van der Waals surface area contributed by atoms with E-state index in [0.29, 0.717) is 27.8 Å². The summed E-state index contributed by atoms with van der Waals surface area (Å²) in [6.45, 7) is 7.99. The first-order valence-electron chi connectivity index (χ1n) is 13.0. The molecule has 5 aromatic rings. The van der Waals surface area contributed by atoms with Crippen LogP contribution in [0.4, 0.5) is 5.69 Å². The van der Waals surface area contributed by atoms with Crippen molar-refractivity contribution in [1.82, 2.24) is 9.78 Å². The Morgan fingerprint density at radius 2 is 1.72 bits per heavy atom. The number of furan rings is 1. The minimum Gasteiger partial charge on any atom is -0.475 e. The molecule has 1 amide bonds. The third-order valence-electron chi connectivity index (χ3n) is 6.62. The lowest BCUT2D eigenvalue weighted by Crippen LogP contribution is -2.46. The first-order valence-corrected chi connectivity index (χ1v) is 13.0. The Balaban J connectivity index is 1.70. The van der Waals surface area contributed by atoms with Crippen LogP contribution in [0.25, 0.3) is 27.8 Å². The van der Waals surface area contributed by atoms with E-state index in [1.54, 1.807) is 27.9 Å². The highest BCUT2D eigenvalue weighted by atomic mass is 16.4. The molecule has 0 saturated heterocycles. The van der Waals surface area contributed by atoms with Gasteiger partial charge >= 0.3 is 5.97 Å². The molecule has 2 aromatic heterocycles. The van der Waals surface area contributed by atoms with E-state index >= 15 is 0 Å². The average Bonchev–Trinajstić information content (AvgIpc) is 3.57. The number of nitrogens with zero attached hydrogens (tertiary/aromatic N) is 3. The van der Waals surface area contributed by atoms with Crippen molar-refractivity contribution >= 4 is 28.5 Å². The molecule has 0 spiro atoms. The number of fused-ring (bicyclic) bond motifs is 1. The van der Waals surface area contributed by atoms with Crippen molar-refractivity contribution < 1.29 is 19.1 Å². The minimum atomic E-state index is -1.17. The van der Waals surface area contributed by atoms with Gasteiger partial charge in [-0.15, -0.1) is 0 Å². The van der Waals surface area contributed by atoms with Crippen LogP contribution in [0.15, 0.2) is 89.6 Å². The van der Waals surface area contributed by atoms with Crippen molar-refractivity contribution in [1.29, 1.82) is 0 Å². The van der Waals surface area contributed by atoms with Crippen molar-refractivity contribution in [2.24, 2.45) is 0 Å². The molecule has 0 saturated carbocycles. The minimum absolute atomic E-state index is 0.188. The molecule has 0 fully saturated rings. The molecule has 0 bridgehead atoms. The van der Waals surface area contributed by atoms with Gasteiger partial charge in [-0.1, -0.05) is 55.8 Å². The van der Waals surface area contributed by atoms with Crippen LogP contribution >= 0.6 is 0 Å². The monoisotopic (exact) mass is 521 g/mol. The van der Waals surface area contributed by atoms with Gasteiger partial charge in [0.05, 0.1) is 17.6 Å². The number of aromatic carboxylic acids is 1. The lowest BCUT2D eigenvalue weighted by Gasteiger charge is -2.37. The van der Waals surface area contributed by atoms with Crippen molar-refractivity contribution in [2.75, 3.05) is 4.90 Å². The summed E-state index contributed by atoms with van der Waals surface area (Å²) in [5, 5.41) is 14.8. The molecule has 0 radical (unpaired) electrons. The number of aryl methyl sites for hydroxylation is 1. The summed E-state index contributed by atoms with van der Waals surface area (Å²) in [4.78, 5) is 27.5. The molecule has 0 aliphatic carbocycles. The zero-order chi connectivity index (χ0) is 27.7. The molecule has 0 atom stereocenters. The number of benzene rings is 3. The van der Waals surface area contributed by atoms with Gasteiger partial charge in [-0.25, -0.2) is 9.48 Å². The van der Waals surface area contributed by atoms with E-state index in [2.05, 4.69) is 24.2 Å². The molecule has 7 heteroatoms. The van der Waals surface area contributed by atoms with E-state index in [4.69, 9.17) is 4.42 Å². The van der Waals surface area contributed by atoms with Crippen LogP contribution in [-0.2, 0) is 6.42 Å². The third-order valence-corrected chi connectivity index (χ3v) is 6.62. The molecule has 3 aromatic carbocycles. The molecular weight excluding hydrogens is 490 g/mol. The molecule has 0 aliphatic heterocycles. The predicted molar refractivity (Wildman–Crippen MR) is 153 cm³/mol. The first-order chi connectivity index (χ1) is 18.7. The van der Waals surface area contributed by atoms with Crippen molar-refractivity contribution in [2.45, 2.75) is 46.1 Å². The number of hydrogen-bond acceptors (Lipinski definition) is 4. The fourth-order valence-electron chi connectivity index (χ4n) is 4.81. The topological polar surface area (TPSA) is 88.6 Å². The maximum absolute atomic E-state index is 14.0. The maximum Gasteiger partial charge on any atom is 0.371 e. The van der Waals surface area contributed by atoms with Gasteiger partial charge in [0.15, 0.2) is 5.58 Å². The Morgan fingerprint density at radius 1 is 1.00 bits per heavy atom. The number of rotatable bonds is 7. The number of carbonyl (C=O) groups excluding carboxylic acids is 1. The number of aromatic nitrogens is 2. The van der Waals surface area contributed by atoms with Crippen LogP contribution in [-0.4, -0.2) is 32.3 Å². The Hall–Kier alpha value is -4.65. The number of amides is 1. The van der Waals surface area contributed by atoms with Gasteiger partial charge in [-0.2, -0.15) is 5.10 Å². The van der Waals surface area contributed by atoms with Crippen molar-refractivity contribution in [3.05, 3.63) is 102 Å². The molecule has 0 unspecified atom stereocenters. The number of carbonyl (C=O) groups is 2. The zero-order valence-corrected chi connectivity index (χ0v) is 22.5. The highest BCUT2D eigenvalue weighted by Gasteiger charge is 2.34. The Labute approximate surface area is 227 Å². The van der Waals surface area contributed by atoms with Gasteiger partial charge < -0.3 is 9.52 Å². The van der Waals surface area contributed by atoms with Crippen LogP contribution in [0.2, 0.25) is 0 Å². The quantitative estimate of drug-likeness (QED) is 0.241. The van der Waals surface area contributed by atoms with Crippen molar-refractivity contribution in [3.8, 4) is 16.8 Å². The number of carboxylic acid groups (broad SMARTS) is 1. The van der Waals surface area contributed by atoms with E-state index in [9.17, 15) is 14.7 Å². The highest BCUT2D eigenvalue weighted by molar-refractivity contribution is 6.14. The largest absolute Gasteiger partial charge is 0.475 e. The fraction of sp³-hybridized carbons (Fsp3) is 0.219. The molecule has 0 aliphatic rings. The van der Waals surface area contributed by atoms with Crippen LogP contribution in [0, 0.1) is 0 Å². The van der Waals surface area contributed by atoms with E-state index in [1.165, 1.54) is 11.6 Å². The summed E-state index contributed by atoms with van der Waals surface area (Å²) in [5.41, 5.74) is 4.35. The normalized spacial score (nSPS) is 11.6. The van der Waals surface area contributed by atoms with E-state index < -0.39 is 11.5 Å². The second kappa shape index (κ2) is 10.3. The van der Waals surface area contributed by atoms with Crippen LogP contribution in [0.3, 0.4) is 0 Å². The second-order valence-corrected chi connectivity index (χ2v) is 10.6. The maximum atomic E-state index is 14.0. The Kier molecular flexibility index (Phi) is 6.83. The molecule has 5 rings (SSSR count). The Morgan fingerprint density at radius 3 is 2.36 bits per heavy atom. The molecule has 198 valence electrons. The van der Waals surface area contributed by atoms with Crippen LogP contribution in [0.5, 0.6) is 0 Å². The second-order valence-electron chi connectivity index (χ2n) is 10.6. The summed E-state index contributed by atoms with van der Waals surface area (Å²) < 4.78 is 7.69. The Bertz CT molecular complexity index is 1640. The summed E-state index contributed by atoms with van der Waals surface area (Å²) in [7, 11) is 0. The molecule has 2 heterocycles. The standard InChI is InChI=1S/C32H31N3O4/c1-5-9-21-12-15-25(16-13-21)34-20-24(19-33-34)26-17-14-23-18-27(31(37)38)39-29(23)28(26)35(32(2,3)4)30(36)22-10-7-6-8-11-22/h6-8,10-20H,5,9H2,1-4H3,(H,37,38).